The van der Waals surface area contributed by atoms with Crippen molar-refractivity contribution in [2.75, 3.05) is 0 Å². The molecule has 2 aromatic rings. The van der Waals surface area contributed by atoms with E-state index in [-0.39, 0.29) is 0 Å². The van der Waals surface area contributed by atoms with Gasteiger partial charge in [0.1, 0.15) is 0 Å². The van der Waals surface area contributed by atoms with E-state index in [1.807, 2.05) is 18.0 Å². The van der Waals surface area contributed by atoms with Gasteiger partial charge in [0.05, 0.1) is 15.6 Å². The van der Waals surface area contributed by atoms with Gasteiger partial charge in [0.15, 0.2) is 0 Å². The predicted molar refractivity (Wildman–Crippen MR) is 150 cm³/mol. The van der Waals surface area contributed by atoms with E-state index in [0.717, 1.165) is 47.3 Å². The average Bonchev–Trinajstić information content (AvgIpc) is 3.16. The molecule has 0 spiro atoms. The van der Waals surface area contributed by atoms with Gasteiger partial charge >= 0.3 is 0 Å². The molecule has 0 unspecified atom stereocenters. The summed E-state index contributed by atoms with van der Waals surface area (Å²) in [6.07, 6.45) is 13.0. The zero-order chi connectivity index (χ0) is 25.5. The number of aromatic nitrogens is 1. The quantitative estimate of drug-likeness (QED) is 0.430. The lowest BCUT2D eigenvalue weighted by Crippen LogP contribution is -2.21. The second-order valence-electron chi connectivity index (χ2n) is 9.54. The van der Waals surface area contributed by atoms with Crippen LogP contribution >= 0.6 is 11.3 Å². The molecule has 1 aromatic carbocycles. The zero-order valence-electron chi connectivity index (χ0n) is 21.9. The molecule has 5 heteroatoms. The van der Waals surface area contributed by atoms with Crippen LogP contribution in [0.1, 0.15) is 75.6 Å². The Kier molecular flexibility index (Phi) is 9.27. The molecule has 1 aromatic heterocycles. The fourth-order valence-electron chi connectivity index (χ4n) is 4.38. The minimum atomic E-state index is -0.443. The highest BCUT2D eigenvalue weighted by Crippen LogP contribution is 2.39. The van der Waals surface area contributed by atoms with E-state index in [9.17, 15) is 4.79 Å². The van der Waals surface area contributed by atoms with E-state index >= 15 is 0 Å². The number of carbonyl (C=O) groups excluding carboxylic acids is 1. The van der Waals surface area contributed by atoms with Crippen molar-refractivity contribution in [2.24, 2.45) is 11.7 Å². The second-order valence-corrected chi connectivity index (χ2v) is 10.7. The number of carbonyl (C=O) groups is 1. The Labute approximate surface area is 215 Å². The largest absolute Gasteiger partial charge is 0.366 e. The first kappa shape index (κ1) is 26.7. The van der Waals surface area contributed by atoms with Gasteiger partial charge in [-0.3, -0.25) is 4.79 Å². The number of thiazole rings is 1. The highest BCUT2D eigenvalue weighted by molar-refractivity contribution is 7.15. The summed E-state index contributed by atoms with van der Waals surface area (Å²) in [4.78, 5) is 19.4. The lowest BCUT2D eigenvalue weighted by molar-refractivity contribution is -0.114. The summed E-state index contributed by atoms with van der Waals surface area (Å²) in [5.41, 5.74) is 12.5. The Balaban J connectivity index is 0.000000607. The summed E-state index contributed by atoms with van der Waals surface area (Å²) in [5.74, 6) is 0.622. The molecule has 35 heavy (non-hydrogen) atoms. The van der Waals surface area contributed by atoms with Gasteiger partial charge in [0.25, 0.3) is 0 Å². The lowest BCUT2D eigenvalue weighted by atomic mass is 9.88. The maximum Gasteiger partial charge on any atom is 0.248 e. The van der Waals surface area contributed by atoms with Crippen molar-refractivity contribution in [3.05, 3.63) is 82.4 Å². The summed E-state index contributed by atoms with van der Waals surface area (Å²) in [5, 5.41) is 1.07. The van der Waals surface area contributed by atoms with Gasteiger partial charge in [-0.05, 0) is 62.8 Å². The van der Waals surface area contributed by atoms with E-state index in [2.05, 4.69) is 63.5 Å². The number of amides is 1. The standard InChI is InChI=1S/C25H29N3OS.C5H10/c1-6-7-10-21(18(4)28-14-13-20(25(26)29)15-16(28)2)22-11-8-9-12-23(22)24-17(3)27-19(5)30-24;1-5-3-2-4-5/h8-9,11-15H,2,6-7,10H2,1,3-5H3,(H2,26,29);5H,2-4H2,1H3/b21-18+;. The van der Waals surface area contributed by atoms with Crippen molar-refractivity contribution in [1.82, 2.24) is 9.88 Å². The Morgan fingerprint density at radius 1 is 1.26 bits per heavy atom. The number of hydrogen-bond acceptors (Lipinski definition) is 4. The molecular formula is C30H39N3OS. The van der Waals surface area contributed by atoms with Crippen LogP contribution in [0.4, 0.5) is 0 Å². The van der Waals surface area contributed by atoms with Crippen molar-refractivity contribution in [2.45, 2.75) is 73.1 Å². The number of aryl methyl sites for hydroxylation is 2. The number of rotatable bonds is 7. The van der Waals surface area contributed by atoms with Gasteiger partial charge in [-0.2, -0.15) is 0 Å². The first-order chi connectivity index (χ1) is 16.7. The first-order valence-corrected chi connectivity index (χ1v) is 13.5. The topological polar surface area (TPSA) is 59.2 Å². The highest BCUT2D eigenvalue weighted by Gasteiger charge is 2.20. The summed E-state index contributed by atoms with van der Waals surface area (Å²) in [7, 11) is 0. The number of unbranched alkanes of at least 4 members (excludes halogenated alkanes) is 1. The van der Waals surface area contributed by atoms with Crippen LogP contribution in [-0.4, -0.2) is 15.8 Å². The molecule has 1 amide bonds. The molecule has 0 radical (unpaired) electrons. The molecule has 4 nitrogen and oxygen atoms in total. The molecule has 1 saturated carbocycles. The van der Waals surface area contributed by atoms with Gasteiger partial charge in [-0.15, -0.1) is 11.3 Å². The van der Waals surface area contributed by atoms with Crippen LogP contribution in [0.25, 0.3) is 16.0 Å². The number of nitrogens with two attached hydrogens (primary N) is 1. The van der Waals surface area contributed by atoms with E-state index in [1.165, 1.54) is 40.8 Å². The molecule has 0 saturated heterocycles. The van der Waals surface area contributed by atoms with Gasteiger partial charge in [0, 0.05) is 28.7 Å². The van der Waals surface area contributed by atoms with E-state index < -0.39 is 5.91 Å². The Morgan fingerprint density at radius 3 is 2.46 bits per heavy atom. The summed E-state index contributed by atoms with van der Waals surface area (Å²) < 4.78 is 0. The van der Waals surface area contributed by atoms with Crippen molar-refractivity contribution >= 4 is 22.8 Å². The van der Waals surface area contributed by atoms with Gasteiger partial charge in [-0.25, -0.2) is 4.98 Å². The summed E-state index contributed by atoms with van der Waals surface area (Å²) in [6, 6.07) is 8.55. The first-order valence-electron chi connectivity index (χ1n) is 12.6. The fraction of sp³-hybridized carbons (Fsp3) is 0.400. The molecule has 0 bridgehead atoms. The predicted octanol–water partition coefficient (Wildman–Crippen LogP) is 7.91. The van der Waals surface area contributed by atoms with Crippen molar-refractivity contribution in [1.29, 1.82) is 0 Å². The van der Waals surface area contributed by atoms with Crippen LogP contribution < -0.4 is 5.73 Å². The average molecular weight is 490 g/mol. The SMILES string of the molecule is C=C1C=C(C(N)=O)C=CN1/C(C)=C(\CCCC)c1ccccc1-c1sc(C)nc1C.CC1CCC1. The van der Waals surface area contributed by atoms with E-state index in [4.69, 9.17) is 5.73 Å². The normalized spacial score (nSPS) is 16.2. The molecule has 0 atom stereocenters. The van der Waals surface area contributed by atoms with Gasteiger partial charge < -0.3 is 10.6 Å². The second kappa shape index (κ2) is 12.2. The third-order valence-electron chi connectivity index (χ3n) is 6.69. The van der Waals surface area contributed by atoms with Crippen molar-refractivity contribution in [3.63, 3.8) is 0 Å². The monoisotopic (exact) mass is 489 g/mol. The molecule has 2 heterocycles. The van der Waals surface area contributed by atoms with Gasteiger partial charge in [0.2, 0.25) is 5.91 Å². The zero-order valence-corrected chi connectivity index (χ0v) is 22.7. The number of benzene rings is 1. The van der Waals surface area contributed by atoms with Crippen molar-refractivity contribution in [3.8, 4) is 10.4 Å². The Morgan fingerprint density at radius 2 is 1.94 bits per heavy atom. The third kappa shape index (κ3) is 6.61. The summed E-state index contributed by atoms with van der Waals surface area (Å²) in [6.45, 7) is 14.9. The number of hydrogen-bond donors (Lipinski definition) is 1. The van der Waals surface area contributed by atoms with Crippen LogP contribution in [0.3, 0.4) is 0 Å². The Hall–Kier alpha value is -2.92. The van der Waals surface area contributed by atoms with E-state index in [0.29, 0.717) is 5.57 Å². The molecule has 1 aliphatic carbocycles. The van der Waals surface area contributed by atoms with Crippen LogP contribution in [0.15, 0.2) is 66.2 Å². The van der Waals surface area contributed by atoms with Crippen LogP contribution in [0, 0.1) is 19.8 Å². The number of nitrogens with zero attached hydrogens (tertiary/aromatic N) is 2. The molecule has 2 N–H and O–H groups in total. The molecule has 1 fully saturated rings. The maximum atomic E-state index is 11.5. The Bertz CT molecular complexity index is 1160. The van der Waals surface area contributed by atoms with Crippen LogP contribution in [-0.2, 0) is 4.79 Å². The molecule has 4 rings (SSSR count). The minimum absolute atomic E-state index is 0.443. The van der Waals surface area contributed by atoms with Gasteiger partial charge in [-0.1, -0.05) is 70.4 Å². The molecular weight excluding hydrogens is 450 g/mol. The fourth-order valence-corrected chi connectivity index (χ4v) is 5.33. The van der Waals surface area contributed by atoms with Crippen molar-refractivity contribution < 1.29 is 4.79 Å². The third-order valence-corrected chi connectivity index (χ3v) is 7.80. The smallest absolute Gasteiger partial charge is 0.248 e. The number of primary amides is 1. The van der Waals surface area contributed by atoms with Crippen LogP contribution in [0.2, 0.25) is 0 Å². The summed E-state index contributed by atoms with van der Waals surface area (Å²) >= 11 is 1.73. The highest BCUT2D eigenvalue weighted by atomic mass is 32.1. The van der Waals surface area contributed by atoms with Crippen LogP contribution in [0.5, 0.6) is 0 Å². The molecule has 186 valence electrons. The minimum Gasteiger partial charge on any atom is -0.366 e. The molecule has 1 aliphatic heterocycles. The van der Waals surface area contributed by atoms with E-state index in [1.54, 1.807) is 23.5 Å². The maximum absolute atomic E-state index is 11.5. The molecule has 2 aliphatic rings. The number of allylic oxidation sites excluding steroid dienone is 3. The lowest BCUT2D eigenvalue weighted by Gasteiger charge is -2.28.